The van der Waals surface area contributed by atoms with Gasteiger partial charge in [0.25, 0.3) is 0 Å². The SMILES string of the molecule is CC(C)CCCCCCCC(O)CCC(=O)O. The average molecular weight is 244 g/mol. The predicted molar refractivity (Wildman–Crippen MR) is 70.0 cm³/mol. The summed E-state index contributed by atoms with van der Waals surface area (Å²) in [5.74, 6) is -0.0226. The van der Waals surface area contributed by atoms with Crippen LogP contribution in [0.3, 0.4) is 0 Å². The second-order valence-corrected chi connectivity index (χ2v) is 5.33. The highest BCUT2D eigenvalue weighted by Crippen LogP contribution is 2.13. The molecule has 0 rings (SSSR count). The highest BCUT2D eigenvalue weighted by atomic mass is 16.4. The minimum Gasteiger partial charge on any atom is -0.481 e. The van der Waals surface area contributed by atoms with Crippen LogP contribution in [0.2, 0.25) is 0 Å². The summed E-state index contributed by atoms with van der Waals surface area (Å²) in [6.07, 6.45) is 8.09. The molecule has 0 saturated heterocycles. The molecule has 0 aliphatic rings. The van der Waals surface area contributed by atoms with Gasteiger partial charge in [-0.2, -0.15) is 0 Å². The van der Waals surface area contributed by atoms with E-state index in [0.717, 1.165) is 25.2 Å². The maximum atomic E-state index is 10.3. The molecule has 0 aromatic heterocycles. The molecular formula is C14H28O3. The lowest BCUT2D eigenvalue weighted by atomic mass is 10.0. The van der Waals surface area contributed by atoms with E-state index in [2.05, 4.69) is 13.8 Å². The van der Waals surface area contributed by atoms with Gasteiger partial charge in [0, 0.05) is 6.42 Å². The molecule has 2 N–H and O–H groups in total. The third kappa shape index (κ3) is 13.4. The number of carboxylic acids is 1. The molecule has 17 heavy (non-hydrogen) atoms. The summed E-state index contributed by atoms with van der Waals surface area (Å²) in [5, 5.41) is 18.0. The van der Waals surface area contributed by atoms with E-state index in [1.807, 2.05) is 0 Å². The van der Waals surface area contributed by atoms with Crippen molar-refractivity contribution in [2.24, 2.45) is 5.92 Å². The zero-order valence-electron chi connectivity index (χ0n) is 11.3. The standard InChI is InChI=1S/C14H28O3/c1-12(2)8-6-4-3-5-7-9-13(15)10-11-14(16)17/h12-13,15H,3-11H2,1-2H3,(H,16,17). The molecule has 0 aromatic rings. The number of hydrogen-bond donors (Lipinski definition) is 2. The molecule has 102 valence electrons. The Labute approximate surface area is 105 Å². The maximum absolute atomic E-state index is 10.3. The molecule has 1 atom stereocenters. The quantitative estimate of drug-likeness (QED) is 0.546. The summed E-state index contributed by atoms with van der Waals surface area (Å²) in [6, 6.07) is 0. The number of rotatable bonds is 11. The van der Waals surface area contributed by atoms with Crippen molar-refractivity contribution in [3.05, 3.63) is 0 Å². The van der Waals surface area contributed by atoms with Gasteiger partial charge in [-0.15, -0.1) is 0 Å². The number of aliphatic hydroxyl groups excluding tert-OH is 1. The molecule has 0 radical (unpaired) electrons. The Morgan fingerprint density at radius 3 is 2.00 bits per heavy atom. The molecule has 3 heteroatoms. The number of aliphatic hydroxyl groups is 1. The summed E-state index contributed by atoms with van der Waals surface area (Å²) in [6.45, 7) is 4.50. The fraction of sp³-hybridized carbons (Fsp3) is 0.929. The first kappa shape index (κ1) is 16.4. The first-order valence-electron chi connectivity index (χ1n) is 6.92. The Morgan fingerprint density at radius 2 is 1.47 bits per heavy atom. The van der Waals surface area contributed by atoms with Crippen molar-refractivity contribution < 1.29 is 15.0 Å². The molecule has 3 nitrogen and oxygen atoms in total. The zero-order chi connectivity index (χ0) is 13.1. The van der Waals surface area contributed by atoms with Gasteiger partial charge in [0.15, 0.2) is 0 Å². The van der Waals surface area contributed by atoms with Crippen LogP contribution in [-0.4, -0.2) is 22.3 Å². The number of unbranched alkanes of at least 4 members (excludes halogenated alkanes) is 4. The minimum absolute atomic E-state index is 0.0789. The van der Waals surface area contributed by atoms with Crippen molar-refractivity contribution in [3.63, 3.8) is 0 Å². The fourth-order valence-corrected chi connectivity index (χ4v) is 1.90. The molecule has 0 spiro atoms. The van der Waals surface area contributed by atoms with E-state index < -0.39 is 12.1 Å². The van der Waals surface area contributed by atoms with Gasteiger partial charge in [0.05, 0.1) is 6.10 Å². The zero-order valence-corrected chi connectivity index (χ0v) is 11.3. The molecule has 0 aliphatic heterocycles. The van der Waals surface area contributed by atoms with E-state index in [1.165, 1.54) is 25.7 Å². The van der Waals surface area contributed by atoms with Crippen LogP contribution in [0.15, 0.2) is 0 Å². The van der Waals surface area contributed by atoms with Crippen molar-refractivity contribution >= 4 is 5.97 Å². The lowest BCUT2D eigenvalue weighted by molar-refractivity contribution is -0.137. The Balaban J connectivity index is 3.19. The van der Waals surface area contributed by atoms with Gasteiger partial charge in [-0.05, 0) is 18.8 Å². The molecule has 0 saturated carbocycles. The predicted octanol–water partition coefficient (Wildman–Crippen LogP) is 3.60. The van der Waals surface area contributed by atoms with Crippen molar-refractivity contribution in [2.45, 2.75) is 77.7 Å². The summed E-state index contributed by atoms with van der Waals surface area (Å²) in [7, 11) is 0. The van der Waals surface area contributed by atoms with Gasteiger partial charge in [0.2, 0.25) is 0 Å². The smallest absolute Gasteiger partial charge is 0.303 e. The fourth-order valence-electron chi connectivity index (χ4n) is 1.90. The molecule has 0 aromatic carbocycles. The second kappa shape index (κ2) is 10.6. The van der Waals surface area contributed by atoms with Crippen LogP contribution in [0.4, 0.5) is 0 Å². The normalized spacial score (nSPS) is 12.9. The molecule has 1 unspecified atom stereocenters. The largest absolute Gasteiger partial charge is 0.481 e. The Morgan fingerprint density at radius 1 is 0.941 bits per heavy atom. The maximum Gasteiger partial charge on any atom is 0.303 e. The monoisotopic (exact) mass is 244 g/mol. The molecular weight excluding hydrogens is 216 g/mol. The van der Waals surface area contributed by atoms with Crippen LogP contribution in [0, 0.1) is 5.92 Å². The van der Waals surface area contributed by atoms with E-state index in [1.54, 1.807) is 0 Å². The number of carbonyl (C=O) groups is 1. The molecule has 0 bridgehead atoms. The third-order valence-electron chi connectivity index (χ3n) is 3.01. The van der Waals surface area contributed by atoms with Crippen LogP contribution in [0.5, 0.6) is 0 Å². The average Bonchev–Trinajstić information content (AvgIpc) is 2.24. The summed E-state index contributed by atoms with van der Waals surface area (Å²) >= 11 is 0. The summed E-state index contributed by atoms with van der Waals surface area (Å²) < 4.78 is 0. The molecule has 0 fully saturated rings. The van der Waals surface area contributed by atoms with Crippen LogP contribution in [-0.2, 0) is 4.79 Å². The first-order valence-corrected chi connectivity index (χ1v) is 6.92. The molecule has 0 aliphatic carbocycles. The van der Waals surface area contributed by atoms with Crippen LogP contribution in [0.25, 0.3) is 0 Å². The van der Waals surface area contributed by atoms with Crippen molar-refractivity contribution in [2.75, 3.05) is 0 Å². The van der Waals surface area contributed by atoms with Crippen molar-refractivity contribution in [3.8, 4) is 0 Å². The van der Waals surface area contributed by atoms with Crippen molar-refractivity contribution in [1.29, 1.82) is 0 Å². The minimum atomic E-state index is -0.822. The molecule has 0 amide bonds. The molecule has 0 heterocycles. The van der Waals surface area contributed by atoms with Gasteiger partial charge in [-0.1, -0.05) is 52.4 Å². The highest BCUT2D eigenvalue weighted by molar-refractivity contribution is 5.66. The lowest BCUT2D eigenvalue weighted by Gasteiger charge is -2.08. The Bertz CT molecular complexity index is 190. The van der Waals surface area contributed by atoms with E-state index in [9.17, 15) is 9.90 Å². The summed E-state index contributed by atoms with van der Waals surface area (Å²) in [5.41, 5.74) is 0. The lowest BCUT2D eigenvalue weighted by Crippen LogP contribution is -2.09. The Hall–Kier alpha value is -0.570. The number of hydrogen-bond acceptors (Lipinski definition) is 2. The third-order valence-corrected chi connectivity index (χ3v) is 3.01. The summed E-state index contributed by atoms with van der Waals surface area (Å²) in [4.78, 5) is 10.3. The Kier molecular flexibility index (Phi) is 10.2. The highest BCUT2D eigenvalue weighted by Gasteiger charge is 2.06. The van der Waals surface area contributed by atoms with E-state index >= 15 is 0 Å². The van der Waals surface area contributed by atoms with Crippen LogP contribution in [0.1, 0.15) is 71.6 Å². The van der Waals surface area contributed by atoms with Gasteiger partial charge in [-0.25, -0.2) is 0 Å². The first-order chi connectivity index (χ1) is 8.02. The van der Waals surface area contributed by atoms with E-state index in [0.29, 0.717) is 6.42 Å². The second-order valence-electron chi connectivity index (χ2n) is 5.33. The van der Waals surface area contributed by atoms with E-state index in [-0.39, 0.29) is 6.42 Å². The van der Waals surface area contributed by atoms with Crippen LogP contribution >= 0.6 is 0 Å². The van der Waals surface area contributed by atoms with Crippen LogP contribution < -0.4 is 0 Å². The number of carboxylic acid groups (broad SMARTS) is 1. The van der Waals surface area contributed by atoms with Gasteiger partial charge in [0.1, 0.15) is 0 Å². The van der Waals surface area contributed by atoms with Crippen molar-refractivity contribution in [1.82, 2.24) is 0 Å². The topological polar surface area (TPSA) is 57.5 Å². The van der Waals surface area contributed by atoms with Gasteiger partial charge < -0.3 is 10.2 Å². The van der Waals surface area contributed by atoms with Gasteiger partial charge >= 0.3 is 5.97 Å². The number of aliphatic carboxylic acids is 1. The van der Waals surface area contributed by atoms with E-state index in [4.69, 9.17) is 5.11 Å². The van der Waals surface area contributed by atoms with Gasteiger partial charge in [-0.3, -0.25) is 4.79 Å².